The zero-order valence-electron chi connectivity index (χ0n) is 10.5. The average Bonchev–Trinajstić information content (AvgIpc) is 2.68. The third-order valence-electron chi connectivity index (χ3n) is 3.07. The quantitative estimate of drug-likeness (QED) is 0.759. The molecule has 0 aliphatic carbocycles. The molecule has 0 spiro atoms. The summed E-state index contributed by atoms with van der Waals surface area (Å²) in [6, 6.07) is 0.569. The molecule has 15 heavy (non-hydrogen) atoms. The van der Waals surface area contributed by atoms with E-state index in [1.165, 1.54) is 12.8 Å². The van der Waals surface area contributed by atoms with E-state index in [-0.39, 0.29) is 0 Å². The van der Waals surface area contributed by atoms with Gasteiger partial charge in [-0.1, -0.05) is 0 Å². The third kappa shape index (κ3) is 5.23. The van der Waals surface area contributed by atoms with Crippen LogP contribution in [0.3, 0.4) is 0 Å². The third-order valence-corrected chi connectivity index (χ3v) is 4.32. The molecule has 0 aromatic heterocycles. The Bertz CT molecular complexity index is 178. The zero-order valence-corrected chi connectivity index (χ0v) is 11.3. The van der Waals surface area contributed by atoms with Crippen LogP contribution < -0.4 is 5.32 Å². The van der Waals surface area contributed by atoms with Crippen LogP contribution in [0.25, 0.3) is 0 Å². The largest absolute Gasteiger partial charge is 0.378 e. The summed E-state index contributed by atoms with van der Waals surface area (Å²) >= 11 is 1.92. The van der Waals surface area contributed by atoms with Crippen LogP contribution in [0.2, 0.25) is 0 Å². The van der Waals surface area contributed by atoms with Gasteiger partial charge in [0, 0.05) is 23.9 Å². The summed E-state index contributed by atoms with van der Waals surface area (Å²) in [5.41, 5.74) is 0. The molecule has 2 atom stereocenters. The molecule has 0 aromatic rings. The molecule has 2 unspecified atom stereocenters. The van der Waals surface area contributed by atoms with E-state index in [4.69, 9.17) is 4.74 Å². The summed E-state index contributed by atoms with van der Waals surface area (Å²) < 4.78 is 5.97. The Morgan fingerprint density at radius 1 is 1.53 bits per heavy atom. The fraction of sp³-hybridized carbons (Fsp3) is 1.00. The fourth-order valence-electron chi connectivity index (χ4n) is 1.80. The minimum Gasteiger partial charge on any atom is -0.378 e. The van der Waals surface area contributed by atoms with Gasteiger partial charge in [-0.05, 0) is 46.3 Å². The molecule has 3 heteroatoms. The maximum Gasteiger partial charge on any atom is 0.0590 e. The van der Waals surface area contributed by atoms with E-state index in [2.05, 4.69) is 32.3 Å². The second-order valence-corrected chi connectivity index (χ2v) is 6.63. The van der Waals surface area contributed by atoms with Crippen molar-refractivity contribution in [2.75, 3.05) is 19.4 Å². The van der Waals surface area contributed by atoms with Gasteiger partial charge in [-0.2, -0.15) is 11.8 Å². The Hall–Kier alpha value is 0.270. The SMILES string of the molecule is CSC(C)(C)CNC(C)CC1CCCO1. The van der Waals surface area contributed by atoms with Crippen LogP contribution in [0, 0.1) is 0 Å². The predicted octanol–water partition coefficient (Wildman–Crippen LogP) is 2.68. The molecule has 1 N–H and O–H groups in total. The molecule has 2 nitrogen and oxygen atoms in total. The van der Waals surface area contributed by atoms with E-state index in [1.807, 2.05) is 11.8 Å². The Labute approximate surface area is 98.5 Å². The minimum atomic E-state index is 0.338. The standard InChI is InChI=1S/C12H25NOS/c1-10(8-11-6-5-7-14-11)13-9-12(2,3)15-4/h10-11,13H,5-9H2,1-4H3. The van der Waals surface area contributed by atoms with Gasteiger partial charge >= 0.3 is 0 Å². The molecule has 90 valence electrons. The summed E-state index contributed by atoms with van der Waals surface area (Å²) in [5, 5.41) is 3.60. The number of hydrogen-bond acceptors (Lipinski definition) is 3. The van der Waals surface area contributed by atoms with Crippen molar-refractivity contribution >= 4 is 11.8 Å². The van der Waals surface area contributed by atoms with E-state index in [9.17, 15) is 0 Å². The van der Waals surface area contributed by atoms with Crippen molar-refractivity contribution in [1.29, 1.82) is 0 Å². The number of thioether (sulfide) groups is 1. The molecule has 1 fully saturated rings. The van der Waals surface area contributed by atoms with Crippen LogP contribution in [-0.4, -0.2) is 36.3 Å². The van der Waals surface area contributed by atoms with E-state index in [0.29, 0.717) is 16.9 Å². The second-order valence-electron chi connectivity index (χ2n) is 5.12. The molecule has 1 aliphatic rings. The van der Waals surface area contributed by atoms with E-state index in [0.717, 1.165) is 19.6 Å². The van der Waals surface area contributed by atoms with Gasteiger partial charge in [-0.15, -0.1) is 0 Å². The summed E-state index contributed by atoms with van der Waals surface area (Å²) in [7, 11) is 0. The van der Waals surface area contributed by atoms with Gasteiger partial charge in [0.05, 0.1) is 6.10 Å². The molecule has 0 saturated carbocycles. The smallest absolute Gasteiger partial charge is 0.0590 e. The van der Waals surface area contributed by atoms with Crippen LogP contribution in [0.15, 0.2) is 0 Å². The molecule has 1 heterocycles. The minimum absolute atomic E-state index is 0.338. The Kier molecular flexibility index (Phi) is 5.44. The van der Waals surface area contributed by atoms with Gasteiger partial charge in [0.15, 0.2) is 0 Å². The van der Waals surface area contributed by atoms with E-state index < -0.39 is 0 Å². The van der Waals surface area contributed by atoms with Gasteiger partial charge in [-0.25, -0.2) is 0 Å². The highest BCUT2D eigenvalue weighted by atomic mass is 32.2. The lowest BCUT2D eigenvalue weighted by molar-refractivity contribution is 0.0961. The van der Waals surface area contributed by atoms with Gasteiger partial charge in [0.1, 0.15) is 0 Å². The monoisotopic (exact) mass is 231 g/mol. The fourth-order valence-corrected chi connectivity index (χ4v) is 2.03. The lowest BCUT2D eigenvalue weighted by atomic mass is 10.1. The first-order valence-corrected chi connectivity index (χ1v) is 7.16. The maximum absolute atomic E-state index is 5.64. The zero-order chi connectivity index (χ0) is 11.3. The van der Waals surface area contributed by atoms with Crippen LogP contribution >= 0.6 is 11.8 Å². The molecule has 0 amide bonds. The first-order valence-electron chi connectivity index (χ1n) is 5.93. The number of rotatable bonds is 6. The molecule has 1 saturated heterocycles. The van der Waals surface area contributed by atoms with Crippen LogP contribution in [0.4, 0.5) is 0 Å². The lowest BCUT2D eigenvalue weighted by Gasteiger charge is -2.26. The second kappa shape index (κ2) is 6.12. The van der Waals surface area contributed by atoms with Crippen LogP contribution in [0.5, 0.6) is 0 Å². The van der Waals surface area contributed by atoms with Crippen molar-refractivity contribution < 1.29 is 4.74 Å². The highest BCUT2D eigenvalue weighted by Gasteiger charge is 2.20. The van der Waals surface area contributed by atoms with Crippen molar-refractivity contribution in [3.8, 4) is 0 Å². The Morgan fingerprint density at radius 3 is 2.80 bits per heavy atom. The Balaban J connectivity index is 2.15. The van der Waals surface area contributed by atoms with Gasteiger partial charge in [-0.3, -0.25) is 0 Å². The Morgan fingerprint density at radius 2 is 2.27 bits per heavy atom. The normalized spacial score (nSPS) is 24.4. The first kappa shape index (κ1) is 13.3. The molecule has 0 aromatic carbocycles. The number of hydrogen-bond donors (Lipinski definition) is 1. The van der Waals surface area contributed by atoms with Crippen molar-refractivity contribution in [3.05, 3.63) is 0 Å². The molecule has 0 bridgehead atoms. The van der Waals surface area contributed by atoms with Crippen molar-refractivity contribution in [2.45, 2.75) is 56.9 Å². The maximum atomic E-state index is 5.64. The summed E-state index contributed by atoms with van der Waals surface area (Å²) in [4.78, 5) is 0. The molecule has 0 radical (unpaired) electrons. The lowest BCUT2D eigenvalue weighted by Crippen LogP contribution is -2.38. The molecular weight excluding hydrogens is 206 g/mol. The number of nitrogens with one attached hydrogen (secondary N) is 1. The number of ether oxygens (including phenoxy) is 1. The van der Waals surface area contributed by atoms with Crippen LogP contribution in [0.1, 0.15) is 40.0 Å². The highest BCUT2D eigenvalue weighted by Crippen LogP contribution is 2.21. The van der Waals surface area contributed by atoms with Crippen molar-refractivity contribution in [3.63, 3.8) is 0 Å². The van der Waals surface area contributed by atoms with E-state index >= 15 is 0 Å². The summed E-state index contributed by atoms with van der Waals surface area (Å²) in [6.07, 6.45) is 6.33. The summed E-state index contributed by atoms with van der Waals surface area (Å²) in [6.45, 7) is 8.86. The average molecular weight is 231 g/mol. The van der Waals surface area contributed by atoms with Crippen molar-refractivity contribution in [1.82, 2.24) is 5.32 Å². The van der Waals surface area contributed by atoms with Gasteiger partial charge < -0.3 is 10.1 Å². The van der Waals surface area contributed by atoms with Gasteiger partial charge in [0.2, 0.25) is 0 Å². The molecule has 1 rings (SSSR count). The van der Waals surface area contributed by atoms with Gasteiger partial charge in [0.25, 0.3) is 0 Å². The van der Waals surface area contributed by atoms with Crippen LogP contribution in [-0.2, 0) is 4.74 Å². The molecular formula is C12H25NOS. The summed E-state index contributed by atoms with van der Waals surface area (Å²) in [5.74, 6) is 0. The topological polar surface area (TPSA) is 21.3 Å². The first-order chi connectivity index (χ1) is 7.03. The van der Waals surface area contributed by atoms with E-state index in [1.54, 1.807) is 0 Å². The van der Waals surface area contributed by atoms with Crippen molar-refractivity contribution in [2.24, 2.45) is 0 Å². The predicted molar refractivity (Wildman–Crippen MR) is 68.6 cm³/mol. The highest BCUT2D eigenvalue weighted by molar-refractivity contribution is 7.99. The molecule has 1 aliphatic heterocycles.